The molecule has 2 saturated heterocycles. The summed E-state index contributed by atoms with van der Waals surface area (Å²) in [6.45, 7) is 4.37. The zero-order valence-corrected chi connectivity index (χ0v) is 29.4. The van der Waals surface area contributed by atoms with Crippen LogP contribution in [0.25, 0.3) is 11.5 Å². The lowest BCUT2D eigenvalue weighted by molar-refractivity contribution is -0.926. The van der Waals surface area contributed by atoms with E-state index in [0.717, 1.165) is 29.1 Å². The predicted molar refractivity (Wildman–Crippen MR) is 181 cm³/mol. The number of thiazole rings is 1. The van der Waals surface area contributed by atoms with Gasteiger partial charge >= 0.3 is 11.9 Å². The van der Waals surface area contributed by atoms with E-state index in [2.05, 4.69) is 25.7 Å². The number of aromatic hydroxyl groups is 2. The molecule has 1 aromatic carbocycles. The third kappa shape index (κ3) is 6.90. The van der Waals surface area contributed by atoms with Gasteiger partial charge in [-0.2, -0.15) is 0 Å². The van der Waals surface area contributed by atoms with Crippen molar-refractivity contribution in [1.82, 2.24) is 25.4 Å². The lowest BCUT2D eigenvalue weighted by atomic mass is 10.0. The number of anilines is 1. The maximum atomic E-state index is 13.5. The van der Waals surface area contributed by atoms with E-state index in [-0.39, 0.29) is 57.7 Å². The van der Waals surface area contributed by atoms with Crippen LogP contribution in [-0.4, -0.2) is 117 Å². The number of rotatable bonds is 12. The molecule has 0 saturated carbocycles. The summed E-state index contributed by atoms with van der Waals surface area (Å²) in [7, 11) is 0. The molecule has 18 nitrogen and oxygen atoms in total. The molecule has 3 aliphatic heterocycles. The van der Waals surface area contributed by atoms with Gasteiger partial charge in [-0.15, -0.1) is 33.3 Å². The van der Waals surface area contributed by atoms with Crippen molar-refractivity contribution in [3.8, 4) is 23.0 Å². The van der Waals surface area contributed by atoms with E-state index in [1.807, 2.05) is 0 Å². The summed E-state index contributed by atoms with van der Waals surface area (Å²) >= 11 is 8.48. The molecule has 0 radical (unpaired) electrons. The minimum Gasteiger partial charge on any atom is -0.504 e. The number of hydrogen-bond donors (Lipinski definition) is 6. The molecule has 0 unspecified atom stereocenters. The number of carbonyl (C=O) groups is 4. The van der Waals surface area contributed by atoms with Crippen molar-refractivity contribution in [3.05, 3.63) is 45.4 Å². The Balaban J connectivity index is 1.21. The van der Waals surface area contributed by atoms with Gasteiger partial charge in [0.1, 0.15) is 29.4 Å². The number of aliphatic carboxylic acids is 2. The molecular weight excluding hydrogens is 732 g/mol. The second kappa shape index (κ2) is 13.7. The van der Waals surface area contributed by atoms with Crippen LogP contribution in [0.1, 0.15) is 38.3 Å². The maximum Gasteiger partial charge on any atom is 0.352 e. The van der Waals surface area contributed by atoms with Gasteiger partial charge in [0.2, 0.25) is 11.5 Å². The zero-order chi connectivity index (χ0) is 36.8. The van der Waals surface area contributed by atoms with Crippen LogP contribution in [0.5, 0.6) is 11.5 Å². The average Bonchev–Trinajstić information content (AvgIpc) is 3.84. The Hall–Kier alpha value is -4.92. The standard InChI is InChI=1S/C30H31ClN8O10S2/c1-30(2,28(46)47)49-37-19(15-12-51-29(32)33-15)23(42)34-20-25(43)38-21(27(44)45)13(11-50-26(20)38)9-39(7-3-4-8-39)10-17-35-36-24(48-17)14-5-6-16(40)22(41)18(14)31/h5-6,12,20,26H,3-4,7-11H2,1-2H3,(H6-,32,33,34,36,37,40,41,42,44,45,46,47)/p+1/t20-,26-/m1/s1. The second-order valence-electron chi connectivity index (χ2n) is 12.6. The SMILES string of the molecule is CC(C)(O/N=C(\C(=O)N[C@@H]1C(=O)N2C(C(=O)O)=C(C[N+]3(Cc4nnc(-c5ccc(O)c(O)c5Cl)o4)CCCC3)CS[C@H]12)c1csc(N)n1)C(=O)O. The summed E-state index contributed by atoms with van der Waals surface area (Å²) in [4.78, 5) is 61.5. The Morgan fingerprint density at radius 2 is 1.92 bits per heavy atom. The number of quaternary nitrogens is 1. The molecule has 0 bridgehead atoms. The molecule has 3 aromatic rings. The number of nitrogens with zero attached hydrogens (tertiary/aromatic N) is 6. The minimum absolute atomic E-state index is 0.00169. The number of β-lactam (4-membered cyclic amide) rings is 1. The highest BCUT2D eigenvalue weighted by atomic mass is 35.5. The van der Waals surface area contributed by atoms with Crippen LogP contribution < -0.4 is 11.1 Å². The average molecular weight is 764 g/mol. The van der Waals surface area contributed by atoms with Gasteiger partial charge < -0.3 is 45.2 Å². The van der Waals surface area contributed by atoms with Crippen molar-refractivity contribution < 1.29 is 53.3 Å². The summed E-state index contributed by atoms with van der Waals surface area (Å²) in [5, 5.41) is 54.7. The van der Waals surface area contributed by atoms with Crippen LogP contribution in [0.15, 0.2) is 38.4 Å². The number of thioether (sulfide) groups is 1. The molecular formula is C30H32ClN8O10S2+. The molecule has 0 spiro atoms. The molecule has 2 amide bonds. The van der Waals surface area contributed by atoms with E-state index in [1.165, 1.54) is 43.1 Å². The number of hydrogen-bond acceptors (Lipinski definition) is 15. The third-order valence-corrected chi connectivity index (χ3v) is 11.1. The second-order valence-corrected chi connectivity index (χ2v) is 15.0. The number of carboxylic acid groups (broad SMARTS) is 2. The van der Waals surface area contributed by atoms with Crippen molar-refractivity contribution in [1.29, 1.82) is 0 Å². The molecule has 51 heavy (non-hydrogen) atoms. The molecule has 270 valence electrons. The van der Waals surface area contributed by atoms with Crippen molar-refractivity contribution in [2.24, 2.45) is 5.16 Å². The third-order valence-electron chi connectivity index (χ3n) is 8.70. The molecule has 2 aromatic heterocycles. The molecule has 2 atom stereocenters. The number of carbonyl (C=O) groups excluding carboxylic acids is 2. The Morgan fingerprint density at radius 3 is 2.57 bits per heavy atom. The van der Waals surface area contributed by atoms with Crippen molar-refractivity contribution >= 4 is 69.3 Å². The summed E-state index contributed by atoms with van der Waals surface area (Å²) < 4.78 is 6.29. The van der Waals surface area contributed by atoms with E-state index < -0.39 is 58.0 Å². The van der Waals surface area contributed by atoms with E-state index in [1.54, 1.807) is 0 Å². The van der Waals surface area contributed by atoms with Crippen LogP contribution in [0.2, 0.25) is 5.02 Å². The molecule has 3 aliphatic rings. The normalized spacial score (nSPS) is 20.2. The molecule has 21 heteroatoms. The predicted octanol–water partition coefficient (Wildman–Crippen LogP) is 1.97. The van der Waals surface area contributed by atoms with E-state index in [9.17, 15) is 39.6 Å². The topological polar surface area (TPSA) is 264 Å². The highest BCUT2D eigenvalue weighted by Gasteiger charge is 2.55. The van der Waals surface area contributed by atoms with Gasteiger partial charge in [0, 0.05) is 29.5 Å². The number of fused-ring (bicyclic) bond motifs is 1. The molecule has 6 rings (SSSR count). The van der Waals surface area contributed by atoms with Gasteiger partial charge in [-0.3, -0.25) is 14.5 Å². The maximum absolute atomic E-state index is 13.5. The van der Waals surface area contributed by atoms with Gasteiger partial charge in [0.15, 0.2) is 28.9 Å². The van der Waals surface area contributed by atoms with Crippen LogP contribution in [0, 0.1) is 0 Å². The van der Waals surface area contributed by atoms with Gasteiger partial charge in [0.25, 0.3) is 17.7 Å². The Bertz CT molecular complexity index is 1990. The van der Waals surface area contributed by atoms with Crippen LogP contribution in [-0.2, 0) is 30.6 Å². The highest BCUT2D eigenvalue weighted by molar-refractivity contribution is 8.00. The van der Waals surface area contributed by atoms with Crippen LogP contribution in [0.3, 0.4) is 0 Å². The first-order valence-electron chi connectivity index (χ1n) is 15.4. The Morgan fingerprint density at radius 1 is 1.20 bits per heavy atom. The van der Waals surface area contributed by atoms with Crippen molar-refractivity contribution in [2.45, 2.75) is 50.3 Å². The first-order chi connectivity index (χ1) is 24.1. The Labute approximate surface area is 302 Å². The first-order valence-corrected chi connectivity index (χ1v) is 17.7. The summed E-state index contributed by atoms with van der Waals surface area (Å²) in [6, 6.07) is 1.56. The largest absolute Gasteiger partial charge is 0.504 e. The van der Waals surface area contributed by atoms with Gasteiger partial charge in [-0.05, 0) is 26.0 Å². The number of phenolic OH excluding ortho intramolecular Hbond substituents is 2. The number of aromatic nitrogens is 3. The molecule has 5 heterocycles. The van der Waals surface area contributed by atoms with Gasteiger partial charge in [-0.1, -0.05) is 16.8 Å². The first kappa shape index (κ1) is 35.9. The zero-order valence-electron chi connectivity index (χ0n) is 27.0. The minimum atomic E-state index is -1.79. The molecule has 7 N–H and O–H groups in total. The molecule has 2 fully saturated rings. The number of likely N-dealkylation sites (tertiary alicyclic amines) is 1. The molecule has 0 aliphatic carbocycles. The number of nitrogens with one attached hydrogen (secondary N) is 1. The number of benzene rings is 1. The fourth-order valence-electron chi connectivity index (χ4n) is 6.03. The van der Waals surface area contributed by atoms with Crippen molar-refractivity contribution in [3.63, 3.8) is 0 Å². The number of oxime groups is 1. The van der Waals surface area contributed by atoms with Crippen LogP contribution >= 0.6 is 34.7 Å². The lowest BCUT2D eigenvalue weighted by Crippen LogP contribution is -2.71. The monoisotopic (exact) mass is 763 g/mol. The Kier molecular flexibility index (Phi) is 9.61. The van der Waals surface area contributed by atoms with Crippen LogP contribution in [0.4, 0.5) is 5.13 Å². The number of carboxylic acids is 2. The fourth-order valence-corrected chi connectivity index (χ4v) is 8.15. The van der Waals surface area contributed by atoms with Gasteiger partial charge in [-0.25, -0.2) is 14.6 Å². The number of phenols is 2. The fraction of sp³-hybridized carbons (Fsp3) is 0.400. The highest BCUT2D eigenvalue weighted by Crippen LogP contribution is 2.43. The summed E-state index contributed by atoms with van der Waals surface area (Å²) in [5.74, 6) is -4.56. The van der Waals surface area contributed by atoms with E-state index in [4.69, 9.17) is 26.6 Å². The number of amides is 2. The summed E-state index contributed by atoms with van der Waals surface area (Å²) in [6.07, 6.45) is 1.73. The lowest BCUT2D eigenvalue weighted by Gasteiger charge is -2.50. The van der Waals surface area contributed by atoms with Crippen molar-refractivity contribution in [2.75, 3.05) is 31.1 Å². The summed E-state index contributed by atoms with van der Waals surface area (Å²) in [5.41, 5.74) is 4.12. The quantitative estimate of drug-likeness (QED) is 0.0506. The van der Waals surface area contributed by atoms with E-state index >= 15 is 0 Å². The smallest absolute Gasteiger partial charge is 0.352 e. The number of halogens is 1. The number of nitrogen functional groups attached to an aromatic ring is 1. The van der Waals surface area contributed by atoms with E-state index in [0.29, 0.717) is 23.1 Å². The number of nitrogens with two attached hydrogens (primary N) is 1. The van der Waals surface area contributed by atoms with Gasteiger partial charge in [0.05, 0.1) is 23.7 Å².